The number of hydrogen-bond donors (Lipinski definition) is 1. The predicted octanol–water partition coefficient (Wildman–Crippen LogP) is 1.52. The number of likely N-dealkylation sites (tertiary alicyclic amines) is 1. The Morgan fingerprint density at radius 2 is 2.08 bits per heavy atom. The molecule has 7 heteroatoms. The van der Waals surface area contributed by atoms with Gasteiger partial charge in [0, 0.05) is 37.2 Å². The fourth-order valence-electron chi connectivity index (χ4n) is 3.96. The zero-order chi connectivity index (χ0) is 18.1. The average molecular weight is 352 g/mol. The van der Waals surface area contributed by atoms with E-state index >= 15 is 0 Å². The van der Waals surface area contributed by atoms with Crippen LogP contribution >= 0.6 is 0 Å². The summed E-state index contributed by atoms with van der Waals surface area (Å²) in [7, 11) is 1.54. The van der Waals surface area contributed by atoms with Crippen molar-refractivity contribution < 1.29 is 14.3 Å². The van der Waals surface area contributed by atoms with Crippen molar-refractivity contribution in [3.8, 4) is 5.88 Å². The van der Waals surface area contributed by atoms with E-state index in [-0.39, 0.29) is 23.9 Å². The molecule has 3 unspecified atom stereocenters. The van der Waals surface area contributed by atoms with Crippen molar-refractivity contribution in [2.45, 2.75) is 24.9 Å². The fourth-order valence-corrected chi connectivity index (χ4v) is 3.96. The first-order valence-corrected chi connectivity index (χ1v) is 8.67. The molecule has 7 nitrogen and oxygen atoms in total. The number of pyridine rings is 2. The van der Waals surface area contributed by atoms with Crippen molar-refractivity contribution in [1.82, 2.24) is 20.2 Å². The molecule has 3 atom stereocenters. The molecular weight excluding hydrogens is 332 g/mol. The monoisotopic (exact) mass is 352 g/mol. The van der Waals surface area contributed by atoms with E-state index in [0.717, 1.165) is 19.4 Å². The summed E-state index contributed by atoms with van der Waals surface area (Å²) in [6.45, 7) is 0.731. The van der Waals surface area contributed by atoms with E-state index in [1.165, 1.54) is 6.20 Å². The van der Waals surface area contributed by atoms with Crippen LogP contribution < -0.4 is 10.1 Å². The van der Waals surface area contributed by atoms with Gasteiger partial charge in [0.15, 0.2) is 0 Å². The SMILES string of the molecule is COc1ccc(C(=O)N2CC3CC(NC(=O)c4cccnc4)C2C3)cn1. The number of hydrogen-bond acceptors (Lipinski definition) is 5. The van der Waals surface area contributed by atoms with Crippen molar-refractivity contribution in [3.05, 3.63) is 54.0 Å². The van der Waals surface area contributed by atoms with E-state index in [1.54, 1.807) is 43.8 Å². The molecule has 0 aromatic carbocycles. The molecule has 1 N–H and O–H groups in total. The predicted molar refractivity (Wildman–Crippen MR) is 93.8 cm³/mol. The minimum Gasteiger partial charge on any atom is -0.481 e. The van der Waals surface area contributed by atoms with Crippen LogP contribution in [0.2, 0.25) is 0 Å². The number of nitrogens with one attached hydrogen (secondary N) is 1. The van der Waals surface area contributed by atoms with Crippen molar-refractivity contribution in [2.24, 2.45) is 5.92 Å². The van der Waals surface area contributed by atoms with Crippen molar-refractivity contribution in [3.63, 3.8) is 0 Å². The maximum Gasteiger partial charge on any atom is 0.255 e. The first-order valence-electron chi connectivity index (χ1n) is 8.67. The lowest BCUT2D eigenvalue weighted by Gasteiger charge is -2.33. The van der Waals surface area contributed by atoms with Gasteiger partial charge in [-0.25, -0.2) is 4.98 Å². The third-order valence-electron chi connectivity index (χ3n) is 5.18. The Morgan fingerprint density at radius 1 is 1.19 bits per heavy atom. The lowest BCUT2D eigenvalue weighted by molar-refractivity contribution is 0.0648. The summed E-state index contributed by atoms with van der Waals surface area (Å²) in [6, 6.07) is 6.88. The van der Waals surface area contributed by atoms with Crippen LogP contribution in [-0.2, 0) is 0 Å². The molecule has 3 heterocycles. The third kappa shape index (κ3) is 3.00. The highest BCUT2D eigenvalue weighted by atomic mass is 16.5. The Labute approximate surface area is 151 Å². The van der Waals surface area contributed by atoms with Gasteiger partial charge in [-0.1, -0.05) is 0 Å². The Kier molecular flexibility index (Phi) is 4.28. The zero-order valence-corrected chi connectivity index (χ0v) is 14.5. The summed E-state index contributed by atoms with van der Waals surface area (Å²) in [5, 5.41) is 3.07. The Hall–Kier alpha value is -2.96. The van der Waals surface area contributed by atoms with Gasteiger partial charge in [0.1, 0.15) is 0 Å². The number of aromatic nitrogens is 2. The van der Waals surface area contributed by atoms with Crippen LogP contribution in [0.25, 0.3) is 0 Å². The van der Waals surface area contributed by atoms with E-state index in [1.807, 2.05) is 4.90 Å². The third-order valence-corrected chi connectivity index (χ3v) is 5.18. The van der Waals surface area contributed by atoms with Crippen molar-refractivity contribution in [2.75, 3.05) is 13.7 Å². The number of fused-ring (bicyclic) bond motifs is 2. The molecule has 26 heavy (non-hydrogen) atoms. The van der Waals surface area contributed by atoms with Gasteiger partial charge in [-0.15, -0.1) is 0 Å². The van der Waals surface area contributed by atoms with Gasteiger partial charge in [0.25, 0.3) is 11.8 Å². The van der Waals surface area contributed by atoms with Crippen molar-refractivity contribution >= 4 is 11.8 Å². The van der Waals surface area contributed by atoms with E-state index in [2.05, 4.69) is 15.3 Å². The van der Waals surface area contributed by atoms with E-state index < -0.39 is 0 Å². The molecule has 1 saturated heterocycles. The topological polar surface area (TPSA) is 84.4 Å². The summed E-state index contributed by atoms with van der Waals surface area (Å²) in [5.74, 6) is 0.711. The summed E-state index contributed by atoms with van der Waals surface area (Å²) >= 11 is 0. The molecule has 4 rings (SSSR count). The molecule has 1 aliphatic carbocycles. The van der Waals surface area contributed by atoms with Crippen LogP contribution in [0.3, 0.4) is 0 Å². The van der Waals surface area contributed by atoms with Gasteiger partial charge >= 0.3 is 0 Å². The maximum absolute atomic E-state index is 12.9. The lowest BCUT2D eigenvalue weighted by atomic mass is 10.0. The molecule has 2 fully saturated rings. The molecule has 134 valence electrons. The largest absolute Gasteiger partial charge is 0.481 e. The quantitative estimate of drug-likeness (QED) is 0.902. The standard InChI is InChI=1S/C19H20N4O3/c1-26-17-5-4-14(10-21-17)19(25)23-11-12-7-15(16(23)8-12)22-18(24)13-3-2-6-20-9-13/h2-6,9-10,12,15-16H,7-8,11H2,1H3,(H,22,24). The van der Waals surface area contributed by atoms with Crippen LogP contribution in [0.15, 0.2) is 42.9 Å². The minimum absolute atomic E-state index is 0.0234. The number of carbonyl (C=O) groups excluding carboxylic acids is 2. The van der Waals surface area contributed by atoms with E-state index in [9.17, 15) is 9.59 Å². The molecule has 2 aliphatic rings. The lowest BCUT2D eigenvalue weighted by Crippen LogP contribution is -2.52. The number of rotatable bonds is 4. The first kappa shape index (κ1) is 16.5. The van der Waals surface area contributed by atoms with Crippen LogP contribution in [-0.4, -0.2) is 52.4 Å². The molecular formula is C19H20N4O3. The second-order valence-electron chi connectivity index (χ2n) is 6.77. The molecule has 2 bridgehead atoms. The highest BCUT2D eigenvalue weighted by Crippen LogP contribution is 2.38. The first-order chi connectivity index (χ1) is 12.7. The van der Waals surface area contributed by atoms with Gasteiger partial charge < -0.3 is 15.0 Å². The number of amides is 2. The molecule has 2 amide bonds. The van der Waals surface area contributed by atoms with E-state index in [4.69, 9.17) is 4.74 Å². The van der Waals surface area contributed by atoms with Gasteiger partial charge in [0.05, 0.1) is 24.3 Å². The normalized spacial score (nSPS) is 23.7. The molecule has 1 aliphatic heterocycles. The number of nitrogens with zero attached hydrogens (tertiary/aromatic N) is 3. The van der Waals surface area contributed by atoms with Crippen molar-refractivity contribution in [1.29, 1.82) is 0 Å². The smallest absolute Gasteiger partial charge is 0.255 e. The zero-order valence-electron chi connectivity index (χ0n) is 14.5. The van der Waals surface area contributed by atoms with E-state index in [0.29, 0.717) is 22.9 Å². The molecule has 0 spiro atoms. The number of ether oxygens (including phenoxy) is 1. The van der Waals surface area contributed by atoms with Crippen LogP contribution in [0.1, 0.15) is 33.6 Å². The summed E-state index contributed by atoms with van der Waals surface area (Å²) in [5.41, 5.74) is 1.07. The summed E-state index contributed by atoms with van der Waals surface area (Å²) in [6.07, 6.45) is 6.55. The second kappa shape index (κ2) is 6.74. The Bertz CT molecular complexity index is 809. The van der Waals surface area contributed by atoms with Gasteiger partial charge in [-0.05, 0) is 37.0 Å². The highest BCUT2D eigenvalue weighted by Gasteiger charge is 2.47. The fraction of sp³-hybridized carbons (Fsp3) is 0.368. The minimum atomic E-state index is -0.144. The number of methoxy groups -OCH3 is 1. The van der Waals surface area contributed by atoms with Crippen LogP contribution in [0.4, 0.5) is 0 Å². The molecule has 1 saturated carbocycles. The Balaban J connectivity index is 1.46. The number of carbonyl (C=O) groups is 2. The average Bonchev–Trinajstić information content (AvgIpc) is 3.28. The summed E-state index contributed by atoms with van der Waals surface area (Å²) in [4.78, 5) is 35.2. The molecule has 2 aromatic rings. The van der Waals surface area contributed by atoms with Gasteiger partial charge in [-0.2, -0.15) is 0 Å². The summed E-state index contributed by atoms with van der Waals surface area (Å²) < 4.78 is 5.04. The second-order valence-corrected chi connectivity index (χ2v) is 6.77. The maximum atomic E-state index is 12.9. The van der Waals surface area contributed by atoms with Gasteiger partial charge in [-0.3, -0.25) is 14.6 Å². The van der Waals surface area contributed by atoms with Crippen LogP contribution in [0, 0.1) is 5.92 Å². The van der Waals surface area contributed by atoms with Gasteiger partial charge in [0.2, 0.25) is 5.88 Å². The number of piperidine rings is 1. The molecule has 2 aromatic heterocycles. The van der Waals surface area contributed by atoms with Crippen LogP contribution in [0.5, 0.6) is 5.88 Å². The Morgan fingerprint density at radius 3 is 2.73 bits per heavy atom. The molecule has 0 radical (unpaired) electrons. The highest BCUT2D eigenvalue weighted by molar-refractivity contribution is 5.95.